The van der Waals surface area contributed by atoms with Crippen molar-refractivity contribution < 1.29 is 27.5 Å². The maximum atomic E-state index is 12.9. The minimum Gasteiger partial charge on any atom is -0.406 e. The number of amides is 3. The largest absolute Gasteiger partial charge is 0.573 e. The molecule has 5 rings (SSSR count). The Labute approximate surface area is 262 Å². The van der Waals surface area contributed by atoms with Crippen LogP contribution in [-0.2, 0) is 17.6 Å². The van der Waals surface area contributed by atoms with Crippen LogP contribution in [0.15, 0.2) is 78.0 Å². The van der Waals surface area contributed by atoms with Gasteiger partial charge < -0.3 is 10.1 Å². The van der Waals surface area contributed by atoms with Gasteiger partial charge in [-0.15, -0.1) is 18.3 Å². The molecule has 3 amide bonds. The highest BCUT2D eigenvalue weighted by Gasteiger charge is 2.32. The summed E-state index contributed by atoms with van der Waals surface area (Å²) in [5, 5.41) is 7.70. The molecule has 234 valence electrons. The smallest absolute Gasteiger partial charge is 0.406 e. The lowest BCUT2D eigenvalue weighted by Gasteiger charge is -2.20. The van der Waals surface area contributed by atoms with Crippen LogP contribution in [0.4, 0.5) is 23.7 Å². The van der Waals surface area contributed by atoms with Crippen molar-refractivity contribution in [2.75, 3.05) is 10.7 Å². The summed E-state index contributed by atoms with van der Waals surface area (Å²) in [6.45, 7) is 5.93. The number of alkyl halides is 3. The van der Waals surface area contributed by atoms with Gasteiger partial charge in [-0.25, -0.2) is 14.5 Å². The first-order valence-electron chi connectivity index (χ1n) is 14.3. The molecule has 1 fully saturated rings. The van der Waals surface area contributed by atoms with E-state index >= 15 is 0 Å². The lowest BCUT2D eigenvalue weighted by molar-refractivity contribution is -0.274. The number of aryl methyl sites for hydroxylation is 2. The molecular formula is C32H31F3N6O3S. The second-order valence-electron chi connectivity index (χ2n) is 10.6. The van der Waals surface area contributed by atoms with Crippen molar-refractivity contribution in [2.24, 2.45) is 4.99 Å². The van der Waals surface area contributed by atoms with E-state index in [2.05, 4.69) is 32.1 Å². The lowest BCUT2D eigenvalue weighted by atomic mass is 10.0. The van der Waals surface area contributed by atoms with Crippen molar-refractivity contribution in [3.05, 3.63) is 89.7 Å². The standard InChI is InChI=1S/C32H31F3N6O3S/c1-4-5-23-9-6-20(2)16-27(23)41-28(42)18-45-31(41)38-30(43)37-21(3)17-22-7-10-24(11-8-22)29-36-19-40(39-29)25-12-14-26(15-13-25)44-32(33,34)35/h6-16,19,21H,4-5,17-18H2,1-3H3,(H,37,43)/b38-31-. The number of carbonyl (C=O) groups is 2. The molecular weight excluding hydrogens is 605 g/mol. The van der Waals surface area contributed by atoms with Crippen molar-refractivity contribution >= 4 is 34.6 Å². The molecule has 1 aromatic heterocycles. The van der Waals surface area contributed by atoms with E-state index in [9.17, 15) is 22.8 Å². The maximum Gasteiger partial charge on any atom is 0.573 e. The number of thioether (sulfide) groups is 1. The summed E-state index contributed by atoms with van der Waals surface area (Å²) >= 11 is 1.25. The van der Waals surface area contributed by atoms with E-state index < -0.39 is 12.4 Å². The van der Waals surface area contributed by atoms with Crippen molar-refractivity contribution in [1.29, 1.82) is 0 Å². The van der Waals surface area contributed by atoms with Crippen molar-refractivity contribution in [3.8, 4) is 22.8 Å². The van der Waals surface area contributed by atoms with Gasteiger partial charge in [-0.2, -0.15) is 4.99 Å². The van der Waals surface area contributed by atoms with Crippen LogP contribution in [0.1, 0.15) is 37.0 Å². The van der Waals surface area contributed by atoms with Gasteiger partial charge in [-0.1, -0.05) is 61.5 Å². The summed E-state index contributed by atoms with van der Waals surface area (Å²) < 4.78 is 42.6. The second kappa shape index (κ2) is 13.6. The van der Waals surface area contributed by atoms with Gasteiger partial charge in [0, 0.05) is 11.6 Å². The molecule has 3 aromatic carbocycles. The molecule has 1 saturated heterocycles. The molecule has 0 spiro atoms. The van der Waals surface area contributed by atoms with Gasteiger partial charge in [0.05, 0.1) is 17.1 Å². The van der Waals surface area contributed by atoms with Crippen LogP contribution in [0, 0.1) is 6.92 Å². The number of halogens is 3. The predicted molar refractivity (Wildman–Crippen MR) is 168 cm³/mol. The van der Waals surface area contributed by atoms with Gasteiger partial charge in [0.25, 0.3) is 0 Å². The number of amidine groups is 1. The van der Waals surface area contributed by atoms with E-state index in [-0.39, 0.29) is 23.5 Å². The van der Waals surface area contributed by atoms with Gasteiger partial charge in [0.1, 0.15) is 12.1 Å². The lowest BCUT2D eigenvalue weighted by Crippen LogP contribution is -2.35. The number of rotatable bonds is 9. The Morgan fingerprint density at radius 3 is 2.53 bits per heavy atom. The van der Waals surface area contributed by atoms with Crippen LogP contribution in [-0.4, -0.2) is 50.0 Å². The number of anilines is 1. The summed E-state index contributed by atoms with van der Waals surface area (Å²) in [7, 11) is 0. The Balaban J connectivity index is 1.20. The molecule has 45 heavy (non-hydrogen) atoms. The number of hydrogen-bond donors (Lipinski definition) is 1. The molecule has 9 nitrogen and oxygen atoms in total. The van der Waals surface area contributed by atoms with E-state index in [0.717, 1.165) is 40.8 Å². The maximum absolute atomic E-state index is 12.9. The normalized spacial score (nSPS) is 15.0. The zero-order chi connectivity index (χ0) is 32.1. The van der Waals surface area contributed by atoms with Gasteiger partial charge >= 0.3 is 12.4 Å². The van der Waals surface area contributed by atoms with Crippen LogP contribution < -0.4 is 15.0 Å². The molecule has 1 aliphatic heterocycles. The van der Waals surface area contributed by atoms with Gasteiger partial charge in [-0.3, -0.25) is 9.69 Å². The molecule has 4 aromatic rings. The SMILES string of the molecule is CCCc1ccc(C)cc1N1C(=O)CS/C1=N\C(=O)NC(C)Cc1ccc(-c2ncn(-c3ccc(OC(F)(F)F)cc3)n2)cc1. The van der Waals surface area contributed by atoms with Crippen LogP contribution >= 0.6 is 11.8 Å². The number of aliphatic imine (C=N–C) groups is 1. The second-order valence-corrected chi connectivity index (χ2v) is 11.5. The first-order valence-corrected chi connectivity index (χ1v) is 15.3. The molecule has 1 N–H and O–H groups in total. The Kier molecular flexibility index (Phi) is 9.57. The molecule has 2 heterocycles. The van der Waals surface area contributed by atoms with Crippen LogP contribution in [0.25, 0.3) is 17.1 Å². The number of nitrogens with one attached hydrogen (secondary N) is 1. The number of benzene rings is 3. The quantitative estimate of drug-likeness (QED) is 0.215. The summed E-state index contributed by atoms with van der Waals surface area (Å²) in [5.74, 6) is 0.246. The third kappa shape index (κ3) is 8.09. The number of aromatic nitrogens is 3. The van der Waals surface area contributed by atoms with Crippen LogP contribution in [0.2, 0.25) is 0 Å². The Bertz CT molecular complexity index is 1700. The van der Waals surface area contributed by atoms with E-state index in [1.165, 1.54) is 47.0 Å². The van der Waals surface area contributed by atoms with Gasteiger partial charge in [0.2, 0.25) is 5.91 Å². The summed E-state index contributed by atoms with van der Waals surface area (Å²) in [6.07, 6.45) is -1.000. The number of hydrogen-bond acceptors (Lipinski definition) is 6. The molecule has 0 bridgehead atoms. The van der Waals surface area contributed by atoms with E-state index in [1.807, 2.05) is 56.3 Å². The predicted octanol–water partition coefficient (Wildman–Crippen LogP) is 6.87. The minimum atomic E-state index is -4.76. The fourth-order valence-corrected chi connectivity index (χ4v) is 5.75. The zero-order valence-corrected chi connectivity index (χ0v) is 25.7. The number of nitrogens with zero attached hydrogens (tertiary/aromatic N) is 5. The fourth-order valence-electron chi connectivity index (χ4n) is 4.89. The average Bonchev–Trinajstić information content (AvgIpc) is 3.61. The van der Waals surface area contributed by atoms with E-state index in [0.29, 0.717) is 23.1 Å². The zero-order valence-electron chi connectivity index (χ0n) is 24.8. The Morgan fingerprint density at radius 2 is 1.84 bits per heavy atom. The third-order valence-electron chi connectivity index (χ3n) is 6.91. The molecule has 1 unspecified atom stereocenters. The number of ether oxygens (including phenoxy) is 1. The first kappa shape index (κ1) is 31.8. The highest BCUT2D eigenvalue weighted by atomic mass is 32.2. The number of carbonyl (C=O) groups excluding carboxylic acids is 2. The number of urea groups is 1. The molecule has 0 aliphatic carbocycles. The molecule has 0 radical (unpaired) electrons. The summed E-state index contributed by atoms with van der Waals surface area (Å²) in [6, 6.07) is 18.1. The van der Waals surface area contributed by atoms with Crippen LogP contribution in [0.5, 0.6) is 5.75 Å². The monoisotopic (exact) mass is 636 g/mol. The van der Waals surface area contributed by atoms with E-state index in [1.54, 1.807) is 4.90 Å². The van der Waals surface area contributed by atoms with Gasteiger partial charge in [0.15, 0.2) is 11.0 Å². The first-order chi connectivity index (χ1) is 21.5. The minimum absolute atomic E-state index is 0.101. The summed E-state index contributed by atoms with van der Waals surface area (Å²) in [4.78, 5) is 35.8. The molecule has 1 aliphatic rings. The highest BCUT2D eigenvalue weighted by molar-refractivity contribution is 8.15. The third-order valence-corrected chi connectivity index (χ3v) is 7.84. The van der Waals surface area contributed by atoms with Crippen molar-refractivity contribution in [2.45, 2.75) is 52.4 Å². The van der Waals surface area contributed by atoms with Crippen LogP contribution in [0.3, 0.4) is 0 Å². The molecule has 1 atom stereocenters. The van der Waals surface area contributed by atoms with Crippen molar-refractivity contribution in [3.63, 3.8) is 0 Å². The Hall–Kier alpha value is -4.65. The molecule has 13 heteroatoms. The van der Waals surface area contributed by atoms with Crippen molar-refractivity contribution in [1.82, 2.24) is 20.1 Å². The highest BCUT2D eigenvalue weighted by Crippen LogP contribution is 2.31. The fraction of sp³-hybridized carbons (Fsp3) is 0.281. The average molecular weight is 637 g/mol. The summed E-state index contributed by atoms with van der Waals surface area (Å²) in [5.41, 5.74) is 5.08. The topological polar surface area (TPSA) is 102 Å². The van der Waals surface area contributed by atoms with Gasteiger partial charge in [-0.05, 0) is 73.7 Å². The Morgan fingerprint density at radius 1 is 1.11 bits per heavy atom. The van der Waals surface area contributed by atoms with E-state index in [4.69, 9.17) is 0 Å². The molecule has 0 saturated carbocycles.